The van der Waals surface area contributed by atoms with E-state index in [0.717, 1.165) is 25.7 Å². The molecule has 0 radical (unpaired) electrons. The normalized spacial score (nSPS) is 24.0. The Labute approximate surface area is 151 Å². The Morgan fingerprint density at radius 1 is 0.880 bits per heavy atom. The van der Waals surface area contributed by atoms with Crippen LogP contribution < -0.4 is 5.32 Å². The lowest BCUT2D eigenvalue weighted by molar-refractivity contribution is -0.150. The molecule has 0 aliphatic heterocycles. The first kappa shape index (κ1) is 21.6. The standard InChI is InChI=1S/C10H19NO2.C9H14O3/c1-3-13-10(12)8-4-6-9(11-2)7-5-8;1-2-12-9(11)7-3-5-8(10)6-4-7/h8-9,11H,3-7H2,1-2H3;7H,2-6H2,1H3. The molecule has 0 saturated heterocycles. The highest BCUT2D eigenvalue weighted by Crippen LogP contribution is 2.25. The van der Waals surface area contributed by atoms with Crippen molar-refractivity contribution >= 4 is 17.7 Å². The van der Waals surface area contributed by atoms with Gasteiger partial charge in [-0.3, -0.25) is 14.4 Å². The predicted octanol–water partition coefficient (Wildman–Crippen LogP) is 2.64. The molecule has 0 aromatic heterocycles. The van der Waals surface area contributed by atoms with Crippen molar-refractivity contribution in [1.29, 1.82) is 0 Å². The van der Waals surface area contributed by atoms with Gasteiger partial charge in [-0.15, -0.1) is 0 Å². The first-order valence-electron chi connectivity index (χ1n) is 9.53. The molecule has 0 aromatic carbocycles. The number of esters is 2. The molecule has 0 spiro atoms. The molecular formula is C19H33NO5. The van der Waals surface area contributed by atoms with E-state index in [2.05, 4.69) is 5.32 Å². The van der Waals surface area contributed by atoms with E-state index in [1.54, 1.807) is 6.92 Å². The summed E-state index contributed by atoms with van der Waals surface area (Å²) in [5, 5.41) is 3.24. The average Bonchev–Trinajstić information content (AvgIpc) is 2.63. The molecule has 6 nitrogen and oxygen atoms in total. The quantitative estimate of drug-likeness (QED) is 0.764. The van der Waals surface area contributed by atoms with E-state index in [1.807, 2.05) is 14.0 Å². The second-order valence-corrected chi connectivity index (χ2v) is 6.65. The van der Waals surface area contributed by atoms with Gasteiger partial charge in [0.15, 0.2) is 0 Å². The number of Topliss-reactive ketones (excluding diaryl/α,β-unsaturated/α-hetero) is 1. The predicted molar refractivity (Wildman–Crippen MR) is 95.0 cm³/mol. The smallest absolute Gasteiger partial charge is 0.308 e. The van der Waals surface area contributed by atoms with Gasteiger partial charge in [0, 0.05) is 18.9 Å². The molecule has 6 heteroatoms. The summed E-state index contributed by atoms with van der Waals surface area (Å²) < 4.78 is 9.86. The summed E-state index contributed by atoms with van der Waals surface area (Å²) in [4.78, 5) is 33.4. The zero-order valence-electron chi connectivity index (χ0n) is 15.8. The third kappa shape index (κ3) is 7.99. The number of nitrogens with one attached hydrogen (secondary N) is 1. The fraction of sp³-hybridized carbons (Fsp3) is 0.842. The van der Waals surface area contributed by atoms with E-state index in [-0.39, 0.29) is 29.6 Å². The van der Waals surface area contributed by atoms with Crippen LogP contribution in [0.25, 0.3) is 0 Å². The van der Waals surface area contributed by atoms with Crippen molar-refractivity contribution in [3.05, 3.63) is 0 Å². The van der Waals surface area contributed by atoms with Gasteiger partial charge in [-0.2, -0.15) is 0 Å². The van der Waals surface area contributed by atoms with Gasteiger partial charge in [0.05, 0.1) is 25.0 Å². The summed E-state index contributed by atoms with van der Waals surface area (Å²) >= 11 is 0. The van der Waals surface area contributed by atoms with E-state index in [0.29, 0.717) is 44.9 Å². The largest absolute Gasteiger partial charge is 0.466 e. The Hall–Kier alpha value is -1.43. The molecule has 0 atom stereocenters. The molecule has 2 aliphatic carbocycles. The van der Waals surface area contributed by atoms with Crippen LogP contribution in [0.2, 0.25) is 0 Å². The summed E-state index contributed by atoms with van der Waals surface area (Å²) in [7, 11) is 1.98. The van der Waals surface area contributed by atoms with Crippen molar-refractivity contribution in [3.8, 4) is 0 Å². The zero-order chi connectivity index (χ0) is 18.7. The number of hydrogen-bond acceptors (Lipinski definition) is 6. The maximum absolute atomic E-state index is 11.4. The van der Waals surface area contributed by atoms with E-state index in [1.165, 1.54) is 0 Å². The maximum atomic E-state index is 11.4. The van der Waals surface area contributed by atoms with Crippen LogP contribution in [0.4, 0.5) is 0 Å². The summed E-state index contributed by atoms with van der Waals surface area (Å²) in [5.41, 5.74) is 0. The van der Waals surface area contributed by atoms with Crippen LogP contribution >= 0.6 is 0 Å². The number of rotatable bonds is 5. The molecule has 0 unspecified atom stereocenters. The van der Waals surface area contributed by atoms with Crippen LogP contribution in [-0.2, 0) is 23.9 Å². The molecular weight excluding hydrogens is 322 g/mol. The Morgan fingerprint density at radius 2 is 1.32 bits per heavy atom. The molecule has 25 heavy (non-hydrogen) atoms. The molecule has 2 aliphatic rings. The van der Waals surface area contributed by atoms with Crippen LogP contribution in [0.15, 0.2) is 0 Å². The van der Waals surface area contributed by atoms with Crippen molar-refractivity contribution in [2.75, 3.05) is 20.3 Å². The lowest BCUT2D eigenvalue weighted by Crippen LogP contribution is -2.33. The second-order valence-electron chi connectivity index (χ2n) is 6.65. The lowest BCUT2D eigenvalue weighted by atomic mass is 9.86. The Kier molecular flexibility index (Phi) is 10.4. The van der Waals surface area contributed by atoms with Gasteiger partial charge in [-0.1, -0.05) is 0 Å². The summed E-state index contributed by atoms with van der Waals surface area (Å²) in [6, 6.07) is 0.602. The number of carbonyl (C=O) groups is 3. The fourth-order valence-electron chi connectivity index (χ4n) is 3.31. The first-order valence-corrected chi connectivity index (χ1v) is 9.53. The molecule has 0 aromatic rings. The van der Waals surface area contributed by atoms with Crippen molar-refractivity contribution in [2.45, 2.75) is 71.3 Å². The van der Waals surface area contributed by atoms with Gasteiger partial charge in [0.2, 0.25) is 0 Å². The van der Waals surface area contributed by atoms with E-state index >= 15 is 0 Å². The average molecular weight is 355 g/mol. The number of carbonyl (C=O) groups excluding carboxylic acids is 3. The van der Waals surface area contributed by atoms with Gasteiger partial charge in [-0.25, -0.2) is 0 Å². The molecule has 0 heterocycles. The third-order valence-electron chi connectivity index (χ3n) is 4.92. The van der Waals surface area contributed by atoms with Crippen molar-refractivity contribution in [2.24, 2.45) is 11.8 Å². The number of ketones is 1. The van der Waals surface area contributed by atoms with Crippen molar-refractivity contribution in [3.63, 3.8) is 0 Å². The maximum Gasteiger partial charge on any atom is 0.308 e. The lowest BCUT2D eigenvalue weighted by Gasteiger charge is -2.26. The first-order chi connectivity index (χ1) is 12.0. The SMILES string of the molecule is CCOC(=O)C1CCC(=O)CC1.CCOC(=O)C1CCC(NC)CC1. The summed E-state index contributed by atoms with van der Waals surface area (Å²) in [6.07, 6.45) is 6.59. The minimum atomic E-state index is -0.134. The van der Waals surface area contributed by atoms with Gasteiger partial charge >= 0.3 is 11.9 Å². The van der Waals surface area contributed by atoms with Crippen LogP contribution in [0.5, 0.6) is 0 Å². The molecule has 2 saturated carbocycles. The highest BCUT2D eigenvalue weighted by Gasteiger charge is 2.26. The minimum absolute atomic E-state index is 0.00273. The molecule has 2 fully saturated rings. The monoisotopic (exact) mass is 355 g/mol. The van der Waals surface area contributed by atoms with Crippen LogP contribution in [0.1, 0.15) is 65.2 Å². The molecule has 0 bridgehead atoms. The highest BCUT2D eigenvalue weighted by molar-refractivity contribution is 5.82. The Balaban J connectivity index is 0.000000251. The Morgan fingerprint density at radius 3 is 1.72 bits per heavy atom. The molecule has 1 N–H and O–H groups in total. The zero-order valence-corrected chi connectivity index (χ0v) is 15.8. The van der Waals surface area contributed by atoms with Gasteiger partial charge in [0.25, 0.3) is 0 Å². The number of ether oxygens (including phenoxy) is 2. The van der Waals surface area contributed by atoms with E-state index in [4.69, 9.17) is 9.47 Å². The third-order valence-corrected chi connectivity index (χ3v) is 4.92. The topological polar surface area (TPSA) is 81.7 Å². The summed E-state index contributed by atoms with van der Waals surface area (Å²) in [5.74, 6) is 0.268. The molecule has 0 amide bonds. The molecule has 2 rings (SSSR count). The van der Waals surface area contributed by atoms with E-state index in [9.17, 15) is 14.4 Å². The fourth-order valence-corrected chi connectivity index (χ4v) is 3.31. The second kappa shape index (κ2) is 12.0. The number of hydrogen-bond donors (Lipinski definition) is 1. The van der Waals surface area contributed by atoms with Gasteiger partial charge < -0.3 is 14.8 Å². The van der Waals surface area contributed by atoms with Gasteiger partial charge in [0.1, 0.15) is 5.78 Å². The van der Waals surface area contributed by atoms with Crippen molar-refractivity contribution in [1.82, 2.24) is 5.32 Å². The van der Waals surface area contributed by atoms with Crippen LogP contribution in [-0.4, -0.2) is 44.0 Å². The minimum Gasteiger partial charge on any atom is -0.466 e. The Bertz CT molecular complexity index is 420. The van der Waals surface area contributed by atoms with Gasteiger partial charge in [-0.05, 0) is 59.4 Å². The highest BCUT2D eigenvalue weighted by atomic mass is 16.5. The van der Waals surface area contributed by atoms with Crippen molar-refractivity contribution < 1.29 is 23.9 Å². The molecule has 144 valence electrons. The van der Waals surface area contributed by atoms with Crippen LogP contribution in [0.3, 0.4) is 0 Å². The van der Waals surface area contributed by atoms with Crippen LogP contribution in [0, 0.1) is 11.8 Å². The summed E-state index contributed by atoms with van der Waals surface area (Å²) in [6.45, 7) is 4.59. The van der Waals surface area contributed by atoms with E-state index < -0.39 is 0 Å².